The van der Waals surface area contributed by atoms with Gasteiger partial charge in [0.05, 0.1) is 12.0 Å². The van der Waals surface area contributed by atoms with Crippen molar-refractivity contribution in [1.82, 2.24) is 10.2 Å². The second kappa shape index (κ2) is 4.84. The minimum absolute atomic E-state index is 0.101. The number of para-hydroxylation sites is 1. The first-order valence-corrected chi connectivity index (χ1v) is 5.20. The molecule has 0 amide bonds. The zero-order valence-corrected chi connectivity index (χ0v) is 10.1. The van der Waals surface area contributed by atoms with E-state index in [1.807, 2.05) is 0 Å². The highest BCUT2D eigenvalue weighted by atomic mass is 16.6. The average Bonchev–Trinajstić information content (AvgIpc) is 2.86. The van der Waals surface area contributed by atoms with Crippen LogP contribution in [0, 0.1) is 17.0 Å². The van der Waals surface area contributed by atoms with Crippen molar-refractivity contribution >= 4 is 11.7 Å². The number of carbonyl (C=O) groups is 1. The number of hydrogen-bond donors (Lipinski definition) is 0. The Balaban J connectivity index is 2.53. The van der Waals surface area contributed by atoms with E-state index in [-0.39, 0.29) is 23.0 Å². The number of nitro groups is 1. The van der Waals surface area contributed by atoms with Crippen LogP contribution in [0.25, 0.3) is 11.5 Å². The molecular formula is C11H9N3O5. The van der Waals surface area contributed by atoms with Crippen molar-refractivity contribution in [3.8, 4) is 11.5 Å². The van der Waals surface area contributed by atoms with Gasteiger partial charge in [0.2, 0.25) is 0 Å². The molecule has 1 aromatic heterocycles. The van der Waals surface area contributed by atoms with Gasteiger partial charge >= 0.3 is 11.9 Å². The maximum atomic E-state index is 11.2. The molecule has 19 heavy (non-hydrogen) atoms. The molecule has 1 aromatic carbocycles. The van der Waals surface area contributed by atoms with E-state index in [9.17, 15) is 14.9 Å². The van der Waals surface area contributed by atoms with Crippen LogP contribution in [-0.4, -0.2) is 28.2 Å². The highest BCUT2D eigenvalue weighted by Crippen LogP contribution is 2.31. The molecular weight excluding hydrogens is 254 g/mol. The largest absolute Gasteiger partial charge is 0.462 e. The summed E-state index contributed by atoms with van der Waals surface area (Å²) >= 11 is 0. The first-order chi connectivity index (χ1) is 9.04. The van der Waals surface area contributed by atoms with Crippen LogP contribution in [0.15, 0.2) is 22.6 Å². The van der Waals surface area contributed by atoms with Crippen LogP contribution in [0.5, 0.6) is 0 Å². The third-order valence-electron chi connectivity index (χ3n) is 2.44. The van der Waals surface area contributed by atoms with Gasteiger partial charge in [0.1, 0.15) is 5.56 Å². The summed E-state index contributed by atoms with van der Waals surface area (Å²) in [5.74, 6) is -1.25. The maximum absolute atomic E-state index is 11.2. The Morgan fingerprint density at radius 1 is 1.42 bits per heavy atom. The zero-order valence-electron chi connectivity index (χ0n) is 10.1. The summed E-state index contributed by atoms with van der Waals surface area (Å²) in [4.78, 5) is 21.7. The minimum Gasteiger partial charge on any atom is -0.462 e. The van der Waals surface area contributed by atoms with Crippen LogP contribution >= 0.6 is 0 Å². The molecule has 1 heterocycles. The van der Waals surface area contributed by atoms with E-state index in [1.165, 1.54) is 13.2 Å². The molecule has 0 spiro atoms. The first kappa shape index (κ1) is 12.7. The van der Waals surface area contributed by atoms with Gasteiger partial charge in [-0.05, 0) is 13.0 Å². The quantitative estimate of drug-likeness (QED) is 0.471. The highest BCUT2D eigenvalue weighted by molar-refractivity contribution is 5.84. The van der Waals surface area contributed by atoms with E-state index in [1.54, 1.807) is 19.1 Å². The van der Waals surface area contributed by atoms with Crippen molar-refractivity contribution in [3.63, 3.8) is 0 Å². The zero-order chi connectivity index (χ0) is 14.0. The summed E-state index contributed by atoms with van der Waals surface area (Å²) in [6.07, 6.45) is 0. The molecule has 0 unspecified atom stereocenters. The molecule has 0 atom stereocenters. The molecule has 0 aliphatic rings. The number of hydrogen-bond acceptors (Lipinski definition) is 7. The molecule has 0 saturated heterocycles. The molecule has 0 N–H and O–H groups in total. The predicted octanol–water partition coefficient (Wildman–Crippen LogP) is 1.74. The van der Waals surface area contributed by atoms with E-state index < -0.39 is 10.9 Å². The summed E-state index contributed by atoms with van der Waals surface area (Å²) in [5.41, 5.74) is 0.482. The van der Waals surface area contributed by atoms with Gasteiger partial charge in [0.25, 0.3) is 11.6 Å². The van der Waals surface area contributed by atoms with E-state index in [2.05, 4.69) is 14.9 Å². The maximum Gasteiger partial charge on any atom is 0.396 e. The Morgan fingerprint density at radius 2 is 2.16 bits per heavy atom. The number of rotatable bonds is 3. The summed E-state index contributed by atoms with van der Waals surface area (Å²) in [5, 5.41) is 18.1. The summed E-state index contributed by atoms with van der Waals surface area (Å²) in [6, 6.07) is 4.69. The smallest absolute Gasteiger partial charge is 0.396 e. The van der Waals surface area contributed by atoms with Gasteiger partial charge in [-0.25, -0.2) is 4.79 Å². The first-order valence-electron chi connectivity index (χ1n) is 5.20. The van der Waals surface area contributed by atoms with Crippen LogP contribution < -0.4 is 0 Å². The minimum atomic E-state index is -0.797. The number of carbonyl (C=O) groups excluding carboxylic acids is 1. The molecule has 98 valence electrons. The Kier molecular flexibility index (Phi) is 3.23. The van der Waals surface area contributed by atoms with E-state index in [0.29, 0.717) is 5.56 Å². The monoisotopic (exact) mass is 263 g/mol. The SMILES string of the molecule is COC(=O)c1nnc(-c2cccc(C)c2[N+](=O)[O-])o1. The summed E-state index contributed by atoms with van der Waals surface area (Å²) < 4.78 is 9.48. The molecule has 8 heteroatoms. The van der Waals surface area contributed by atoms with E-state index in [0.717, 1.165) is 0 Å². The van der Waals surface area contributed by atoms with Gasteiger partial charge in [-0.1, -0.05) is 12.1 Å². The molecule has 2 aromatic rings. The number of benzene rings is 1. The fourth-order valence-corrected chi connectivity index (χ4v) is 1.58. The third kappa shape index (κ3) is 2.28. The molecule has 0 saturated carbocycles. The van der Waals surface area contributed by atoms with Crippen LogP contribution in [-0.2, 0) is 4.74 Å². The highest BCUT2D eigenvalue weighted by Gasteiger charge is 2.24. The Morgan fingerprint density at radius 3 is 2.79 bits per heavy atom. The third-order valence-corrected chi connectivity index (χ3v) is 2.44. The van der Waals surface area contributed by atoms with Gasteiger partial charge in [-0.15, -0.1) is 10.2 Å². The fraction of sp³-hybridized carbons (Fsp3) is 0.182. The van der Waals surface area contributed by atoms with E-state index >= 15 is 0 Å². The van der Waals surface area contributed by atoms with E-state index in [4.69, 9.17) is 4.42 Å². The second-order valence-corrected chi connectivity index (χ2v) is 3.63. The van der Waals surface area contributed by atoms with Gasteiger partial charge in [-0.2, -0.15) is 0 Å². The second-order valence-electron chi connectivity index (χ2n) is 3.63. The number of aromatic nitrogens is 2. The van der Waals surface area contributed by atoms with Crippen LogP contribution in [0.2, 0.25) is 0 Å². The lowest BCUT2D eigenvalue weighted by Gasteiger charge is -2.00. The molecule has 8 nitrogen and oxygen atoms in total. The lowest BCUT2D eigenvalue weighted by atomic mass is 10.1. The van der Waals surface area contributed by atoms with Crippen LogP contribution in [0.3, 0.4) is 0 Å². The Hall–Kier alpha value is -2.77. The molecule has 0 fully saturated rings. The van der Waals surface area contributed by atoms with Gasteiger partial charge < -0.3 is 9.15 Å². The number of esters is 1. The number of ether oxygens (including phenoxy) is 1. The predicted molar refractivity (Wildman–Crippen MR) is 62.5 cm³/mol. The van der Waals surface area contributed by atoms with Gasteiger partial charge in [0, 0.05) is 5.56 Å². The van der Waals surface area contributed by atoms with Crippen LogP contribution in [0.4, 0.5) is 5.69 Å². The number of methoxy groups -OCH3 is 1. The van der Waals surface area contributed by atoms with Crippen molar-refractivity contribution in [1.29, 1.82) is 0 Å². The van der Waals surface area contributed by atoms with Crippen molar-refractivity contribution < 1.29 is 18.9 Å². The number of aryl methyl sites for hydroxylation is 1. The topological polar surface area (TPSA) is 108 Å². The summed E-state index contributed by atoms with van der Waals surface area (Å²) in [7, 11) is 1.17. The normalized spacial score (nSPS) is 10.2. The van der Waals surface area contributed by atoms with Crippen molar-refractivity contribution in [2.45, 2.75) is 6.92 Å². The number of nitrogens with zero attached hydrogens (tertiary/aromatic N) is 3. The number of nitro benzene ring substituents is 1. The average molecular weight is 263 g/mol. The molecule has 0 aliphatic heterocycles. The molecule has 0 bridgehead atoms. The summed E-state index contributed by atoms with van der Waals surface area (Å²) in [6.45, 7) is 1.60. The lowest BCUT2D eigenvalue weighted by Crippen LogP contribution is -2.00. The molecule has 2 rings (SSSR count). The lowest BCUT2D eigenvalue weighted by molar-refractivity contribution is -0.384. The van der Waals surface area contributed by atoms with Gasteiger partial charge in [0.15, 0.2) is 0 Å². The van der Waals surface area contributed by atoms with Crippen molar-refractivity contribution in [2.24, 2.45) is 0 Å². The van der Waals surface area contributed by atoms with Crippen molar-refractivity contribution in [3.05, 3.63) is 39.8 Å². The van der Waals surface area contributed by atoms with Crippen LogP contribution in [0.1, 0.15) is 16.2 Å². The fourth-order valence-electron chi connectivity index (χ4n) is 1.58. The van der Waals surface area contributed by atoms with Crippen molar-refractivity contribution in [2.75, 3.05) is 7.11 Å². The Bertz CT molecular complexity index is 650. The molecule has 0 aliphatic carbocycles. The Labute approximate surface area is 107 Å². The standard InChI is InChI=1S/C11H9N3O5/c1-6-4-3-5-7(8(6)14(16)17)9-12-13-10(19-9)11(15)18-2/h3-5H,1-2H3. The molecule has 0 radical (unpaired) electrons. The van der Waals surface area contributed by atoms with Gasteiger partial charge in [-0.3, -0.25) is 10.1 Å².